The lowest BCUT2D eigenvalue weighted by Gasteiger charge is -2.09. The minimum absolute atomic E-state index is 0.0384. The van der Waals surface area contributed by atoms with Gasteiger partial charge in [-0.1, -0.05) is 0 Å². The van der Waals surface area contributed by atoms with Crippen LogP contribution in [0.2, 0.25) is 0 Å². The summed E-state index contributed by atoms with van der Waals surface area (Å²) in [6.45, 7) is 1.88. The zero-order valence-electron chi connectivity index (χ0n) is 9.15. The van der Waals surface area contributed by atoms with Gasteiger partial charge in [-0.3, -0.25) is 4.79 Å². The summed E-state index contributed by atoms with van der Waals surface area (Å²) in [6, 6.07) is 3.68. The molecule has 4 nitrogen and oxygen atoms in total. The molecule has 2 aromatic rings. The maximum atomic E-state index is 11.2. The maximum Gasteiger partial charge on any atom is 0.235 e. The molecule has 0 unspecified atom stereocenters. The van der Waals surface area contributed by atoms with E-state index in [0.717, 1.165) is 15.8 Å². The Balaban J connectivity index is 2.27. The second-order valence-electron chi connectivity index (χ2n) is 3.70. The number of alkyl halides is 1. The van der Waals surface area contributed by atoms with Crippen LogP contribution < -0.4 is 5.32 Å². The van der Waals surface area contributed by atoms with Crippen LogP contribution >= 0.6 is 27.5 Å². The van der Waals surface area contributed by atoms with Crippen molar-refractivity contribution in [2.75, 3.05) is 5.88 Å². The fourth-order valence-electron chi connectivity index (χ4n) is 1.55. The SMILES string of the molecule is C[C@@H](NC(=O)CCl)c1cn2cc(Br)ccc2n1. The van der Waals surface area contributed by atoms with Crippen LogP contribution in [0, 0.1) is 0 Å². The molecule has 0 aliphatic heterocycles. The number of halogens is 2. The Morgan fingerprint density at radius 2 is 2.35 bits per heavy atom. The fraction of sp³-hybridized carbons (Fsp3) is 0.273. The van der Waals surface area contributed by atoms with Crippen molar-refractivity contribution in [1.29, 1.82) is 0 Å². The number of nitrogens with one attached hydrogen (secondary N) is 1. The van der Waals surface area contributed by atoms with Gasteiger partial charge in [-0.05, 0) is 35.0 Å². The molecule has 6 heteroatoms. The lowest BCUT2D eigenvalue weighted by atomic mass is 10.2. The Bertz CT molecular complexity index is 555. The van der Waals surface area contributed by atoms with Crippen LogP contribution in [0.25, 0.3) is 5.65 Å². The predicted octanol–water partition coefficient (Wildman–Crippen LogP) is 2.51. The molecule has 0 aliphatic rings. The number of imidazole rings is 1. The van der Waals surface area contributed by atoms with Crippen molar-refractivity contribution >= 4 is 39.1 Å². The summed E-state index contributed by atoms with van der Waals surface area (Å²) < 4.78 is 2.88. The molecule has 0 spiro atoms. The molecule has 0 bridgehead atoms. The Kier molecular flexibility index (Phi) is 3.69. The molecule has 0 fully saturated rings. The summed E-state index contributed by atoms with van der Waals surface area (Å²) in [5, 5.41) is 2.76. The van der Waals surface area contributed by atoms with Gasteiger partial charge in [0.15, 0.2) is 0 Å². The summed E-state index contributed by atoms with van der Waals surface area (Å²) in [6.07, 6.45) is 3.81. The van der Waals surface area contributed by atoms with Crippen molar-refractivity contribution in [2.45, 2.75) is 13.0 Å². The number of carbonyl (C=O) groups is 1. The normalized spacial score (nSPS) is 12.6. The topological polar surface area (TPSA) is 46.4 Å². The van der Waals surface area contributed by atoms with Crippen LogP contribution in [-0.4, -0.2) is 21.2 Å². The molecule has 0 saturated heterocycles. The first-order valence-corrected chi connectivity index (χ1v) is 6.42. The number of amides is 1. The molecule has 2 heterocycles. The first-order valence-electron chi connectivity index (χ1n) is 5.09. The quantitative estimate of drug-likeness (QED) is 0.885. The van der Waals surface area contributed by atoms with Crippen molar-refractivity contribution in [3.63, 3.8) is 0 Å². The standard InChI is InChI=1S/C11H11BrClN3O/c1-7(14-11(17)4-13)9-6-16-5-8(12)2-3-10(16)15-9/h2-3,5-7H,4H2,1H3,(H,14,17)/t7-/m1/s1. The van der Waals surface area contributed by atoms with Gasteiger partial charge >= 0.3 is 0 Å². The van der Waals surface area contributed by atoms with Crippen molar-refractivity contribution in [1.82, 2.24) is 14.7 Å². The number of aromatic nitrogens is 2. The molecular formula is C11H11BrClN3O. The second-order valence-corrected chi connectivity index (χ2v) is 4.88. The van der Waals surface area contributed by atoms with Gasteiger partial charge in [0, 0.05) is 16.9 Å². The van der Waals surface area contributed by atoms with Gasteiger partial charge in [0.05, 0.1) is 11.7 Å². The zero-order valence-corrected chi connectivity index (χ0v) is 11.5. The van der Waals surface area contributed by atoms with E-state index in [1.807, 2.05) is 35.9 Å². The highest BCUT2D eigenvalue weighted by atomic mass is 79.9. The van der Waals surface area contributed by atoms with Crippen LogP contribution in [0.15, 0.2) is 29.0 Å². The van der Waals surface area contributed by atoms with Gasteiger partial charge in [-0.25, -0.2) is 4.98 Å². The molecule has 1 amide bonds. The number of carbonyl (C=O) groups excluding carboxylic acids is 1. The van der Waals surface area contributed by atoms with Gasteiger partial charge in [0.1, 0.15) is 11.5 Å². The lowest BCUT2D eigenvalue weighted by Crippen LogP contribution is -2.27. The summed E-state index contributed by atoms with van der Waals surface area (Å²) >= 11 is 8.83. The van der Waals surface area contributed by atoms with Crippen LogP contribution in [0.1, 0.15) is 18.7 Å². The van der Waals surface area contributed by atoms with Crippen molar-refractivity contribution in [3.8, 4) is 0 Å². The molecule has 0 aliphatic carbocycles. The Labute approximate surface area is 112 Å². The smallest absolute Gasteiger partial charge is 0.235 e. The van der Waals surface area contributed by atoms with E-state index in [4.69, 9.17) is 11.6 Å². The van der Waals surface area contributed by atoms with Crippen LogP contribution in [-0.2, 0) is 4.79 Å². The zero-order chi connectivity index (χ0) is 12.4. The summed E-state index contributed by atoms with van der Waals surface area (Å²) in [7, 11) is 0. The van der Waals surface area contributed by atoms with E-state index >= 15 is 0 Å². The molecule has 1 atom stereocenters. The molecular weight excluding hydrogens is 305 g/mol. The molecule has 90 valence electrons. The molecule has 0 aromatic carbocycles. The third-order valence-corrected chi connectivity index (χ3v) is 3.09. The number of pyridine rings is 1. The number of nitrogens with zero attached hydrogens (tertiary/aromatic N) is 2. The first-order chi connectivity index (χ1) is 8.10. The third-order valence-electron chi connectivity index (χ3n) is 2.38. The van der Waals surface area contributed by atoms with Crippen LogP contribution in [0.5, 0.6) is 0 Å². The minimum Gasteiger partial charge on any atom is -0.347 e. The van der Waals surface area contributed by atoms with E-state index in [0.29, 0.717) is 0 Å². The van der Waals surface area contributed by atoms with Gasteiger partial charge in [0.25, 0.3) is 0 Å². The van der Waals surface area contributed by atoms with Gasteiger partial charge in [-0.2, -0.15) is 0 Å². The summed E-state index contributed by atoms with van der Waals surface area (Å²) in [5.74, 6) is -0.235. The minimum atomic E-state index is -0.197. The number of fused-ring (bicyclic) bond motifs is 1. The van der Waals surface area contributed by atoms with E-state index in [9.17, 15) is 4.79 Å². The Morgan fingerprint density at radius 1 is 1.59 bits per heavy atom. The van der Waals surface area contributed by atoms with Crippen LogP contribution in [0.4, 0.5) is 0 Å². The third kappa shape index (κ3) is 2.79. The lowest BCUT2D eigenvalue weighted by molar-refractivity contribution is -0.119. The van der Waals surface area contributed by atoms with E-state index < -0.39 is 0 Å². The van der Waals surface area contributed by atoms with E-state index in [-0.39, 0.29) is 17.8 Å². The van der Waals surface area contributed by atoms with Gasteiger partial charge in [-0.15, -0.1) is 11.6 Å². The van der Waals surface area contributed by atoms with Gasteiger partial charge in [0.2, 0.25) is 5.91 Å². The summed E-state index contributed by atoms with van der Waals surface area (Å²) in [5.41, 5.74) is 1.65. The summed E-state index contributed by atoms with van der Waals surface area (Å²) in [4.78, 5) is 15.6. The second kappa shape index (κ2) is 5.06. The molecule has 2 rings (SSSR count). The van der Waals surface area contributed by atoms with E-state index in [1.54, 1.807) is 0 Å². The highest BCUT2D eigenvalue weighted by Gasteiger charge is 2.12. The van der Waals surface area contributed by atoms with Crippen molar-refractivity contribution < 1.29 is 4.79 Å². The predicted molar refractivity (Wildman–Crippen MR) is 70.2 cm³/mol. The number of hydrogen-bond acceptors (Lipinski definition) is 2. The molecule has 2 aromatic heterocycles. The highest BCUT2D eigenvalue weighted by molar-refractivity contribution is 9.10. The monoisotopic (exact) mass is 315 g/mol. The largest absolute Gasteiger partial charge is 0.347 e. The number of rotatable bonds is 3. The molecule has 17 heavy (non-hydrogen) atoms. The van der Waals surface area contributed by atoms with Crippen LogP contribution in [0.3, 0.4) is 0 Å². The molecule has 0 radical (unpaired) electrons. The molecule has 0 saturated carbocycles. The van der Waals surface area contributed by atoms with Crippen molar-refractivity contribution in [3.05, 3.63) is 34.7 Å². The highest BCUT2D eigenvalue weighted by Crippen LogP contribution is 2.16. The maximum absolute atomic E-state index is 11.2. The van der Waals surface area contributed by atoms with Gasteiger partial charge < -0.3 is 9.72 Å². The average Bonchev–Trinajstić information content (AvgIpc) is 2.71. The average molecular weight is 317 g/mol. The first kappa shape index (κ1) is 12.4. The fourth-order valence-corrected chi connectivity index (χ4v) is 1.98. The van der Waals surface area contributed by atoms with E-state index in [2.05, 4.69) is 26.2 Å². The Hall–Kier alpha value is -1.07. The number of hydrogen-bond donors (Lipinski definition) is 1. The Morgan fingerprint density at radius 3 is 3.06 bits per heavy atom. The van der Waals surface area contributed by atoms with E-state index in [1.165, 1.54) is 0 Å². The molecule has 1 N–H and O–H groups in total. The van der Waals surface area contributed by atoms with Crippen molar-refractivity contribution in [2.24, 2.45) is 0 Å².